The predicted molar refractivity (Wildman–Crippen MR) is 119 cm³/mol. The predicted octanol–water partition coefficient (Wildman–Crippen LogP) is 5.51. The second kappa shape index (κ2) is 8.56. The van der Waals surface area contributed by atoms with Gasteiger partial charge in [-0.2, -0.15) is 0 Å². The minimum Gasteiger partial charge on any atom is -0.324 e. The Morgan fingerprint density at radius 1 is 1.10 bits per heavy atom. The van der Waals surface area contributed by atoms with Crippen LogP contribution in [-0.4, -0.2) is 33.4 Å². The highest BCUT2D eigenvalue weighted by molar-refractivity contribution is 6.30. The van der Waals surface area contributed by atoms with Crippen molar-refractivity contribution in [3.8, 4) is 0 Å². The second-order valence-corrected chi connectivity index (χ2v) is 8.43. The monoisotopic (exact) mass is 410 g/mol. The fourth-order valence-corrected chi connectivity index (χ4v) is 4.16. The summed E-state index contributed by atoms with van der Waals surface area (Å²) >= 11 is 5.91. The second-order valence-electron chi connectivity index (χ2n) is 7.99. The third-order valence-electron chi connectivity index (χ3n) is 5.46. The van der Waals surface area contributed by atoms with Crippen molar-refractivity contribution >= 4 is 34.2 Å². The molecule has 0 saturated carbocycles. The molecule has 0 radical (unpaired) electrons. The molecule has 6 heteroatoms. The van der Waals surface area contributed by atoms with Crippen LogP contribution in [0.3, 0.4) is 0 Å². The van der Waals surface area contributed by atoms with Gasteiger partial charge in [0.2, 0.25) is 0 Å². The number of rotatable bonds is 5. The molecule has 1 amide bonds. The molecule has 1 saturated heterocycles. The first-order valence-electron chi connectivity index (χ1n) is 10.3. The summed E-state index contributed by atoms with van der Waals surface area (Å²) in [5.74, 6) is 0.941. The lowest BCUT2D eigenvalue weighted by atomic mass is 10.1. The summed E-state index contributed by atoms with van der Waals surface area (Å²) in [6.45, 7) is 7.54. The Bertz CT molecular complexity index is 1000. The normalized spacial score (nSPS) is 15.2. The van der Waals surface area contributed by atoms with Gasteiger partial charge in [0.05, 0.1) is 17.6 Å². The smallest absolute Gasteiger partial charge is 0.255 e. The van der Waals surface area contributed by atoms with E-state index in [0.29, 0.717) is 16.6 Å². The van der Waals surface area contributed by atoms with Gasteiger partial charge in [0.1, 0.15) is 5.82 Å². The zero-order valence-electron chi connectivity index (χ0n) is 17.0. The maximum atomic E-state index is 12.5. The Morgan fingerprint density at radius 2 is 1.83 bits per heavy atom. The molecule has 0 unspecified atom stereocenters. The molecule has 1 fully saturated rings. The molecular formula is C23H27ClN4O. The van der Waals surface area contributed by atoms with Crippen LogP contribution in [0.1, 0.15) is 55.3 Å². The fourth-order valence-electron chi connectivity index (χ4n) is 4.04. The van der Waals surface area contributed by atoms with Gasteiger partial charge in [0.25, 0.3) is 5.91 Å². The molecule has 29 heavy (non-hydrogen) atoms. The van der Waals surface area contributed by atoms with Crippen molar-refractivity contribution in [3.05, 3.63) is 58.9 Å². The number of fused-ring (bicyclic) bond motifs is 1. The summed E-state index contributed by atoms with van der Waals surface area (Å²) in [6.07, 6.45) is 3.86. The summed E-state index contributed by atoms with van der Waals surface area (Å²) in [5, 5.41) is 3.58. The molecule has 0 bridgehead atoms. The van der Waals surface area contributed by atoms with Crippen LogP contribution in [0.2, 0.25) is 5.02 Å². The SMILES string of the molecule is CC(C)n1c(CN2CCCCC2)nc2cc(NC(=O)c3ccc(Cl)cc3)ccc21. The van der Waals surface area contributed by atoms with E-state index >= 15 is 0 Å². The summed E-state index contributed by atoms with van der Waals surface area (Å²) in [7, 11) is 0. The maximum Gasteiger partial charge on any atom is 0.255 e. The zero-order valence-corrected chi connectivity index (χ0v) is 17.7. The molecule has 1 N–H and O–H groups in total. The maximum absolute atomic E-state index is 12.5. The minimum absolute atomic E-state index is 0.155. The number of likely N-dealkylation sites (tertiary alicyclic amines) is 1. The van der Waals surface area contributed by atoms with Gasteiger partial charge in [-0.1, -0.05) is 18.0 Å². The van der Waals surface area contributed by atoms with E-state index in [9.17, 15) is 4.79 Å². The average Bonchev–Trinajstić information content (AvgIpc) is 3.06. The van der Waals surface area contributed by atoms with Crippen LogP contribution in [0, 0.1) is 0 Å². The number of piperidine rings is 1. The number of imidazole rings is 1. The van der Waals surface area contributed by atoms with E-state index in [0.717, 1.165) is 42.2 Å². The van der Waals surface area contributed by atoms with Crippen molar-refractivity contribution in [2.24, 2.45) is 0 Å². The van der Waals surface area contributed by atoms with Gasteiger partial charge in [-0.05, 0) is 82.2 Å². The van der Waals surface area contributed by atoms with E-state index in [4.69, 9.17) is 16.6 Å². The van der Waals surface area contributed by atoms with Crippen molar-refractivity contribution in [3.63, 3.8) is 0 Å². The van der Waals surface area contributed by atoms with E-state index in [2.05, 4.69) is 34.7 Å². The number of nitrogens with one attached hydrogen (secondary N) is 1. The number of benzene rings is 2. The van der Waals surface area contributed by atoms with Crippen LogP contribution in [0.5, 0.6) is 0 Å². The van der Waals surface area contributed by atoms with E-state index in [-0.39, 0.29) is 5.91 Å². The Labute approximate surface area is 176 Å². The molecule has 1 aliphatic rings. The number of hydrogen-bond acceptors (Lipinski definition) is 3. The van der Waals surface area contributed by atoms with Crippen molar-refractivity contribution in [1.82, 2.24) is 14.5 Å². The summed E-state index contributed by atoms with van der Waals surface area (Å²) in [4.78, 5) is 19.9. The van der Waals surface area contributed by atoms with Crippen LogP contribution in [0.25, 0.3) is 11.0 Å². The third kappa shape index (κ3) is 4.46. The Morgan fingerprint density at radius 3 is 2.52 bits per heavy atom. The van der Waals surface area contributed by atoms with Crippen molar-refractivity contribution in [2.45, 2.75) is 45.7 Å². The molecule has 2 heterocycles. The number of nitrogens with zero attached hydrogens (tertiary/aromatic N) is 3. The lowest BCUT2D eigenvalue weighted by Crippen LogP contribution is -2.30. The highest BCUT2D eigenvalue weighted by Crippen LogP contribution is 2.26. The lowest BCUT2D eigenvalue weighted by molar-refractivity contribution is 0.102. The quantitative estimate of drug-likeness (QED) is 0.603. The Hall–Kier alpha value is -2.37. The first kappa shape index (κ1) is 19.9. The van der Waals surface area contributed by atoms with Crippen LogP contribution < -0.4 is 5.32 Å². The summed E-state index contributed by atoms with van der Waals surface area (Å²) in [5.41, 5.74) is 3.35. The van der Waals surface area contributed by atoms with Crippen molar-refractivity contribution < 1.29 is 4.79 Å². The Kier molecular flexibility index (Phi) is 5.88. The van der Waals surface area contributed by atoms with Crippen LogP contribution in [-0.2, 0) is 6.54 Å². The minimum atomic E-state index is -0.155. The van der Waals surface area contributed by atoms with Crippen molar-refractivity contribution in [2.75, 3.05) is 18.4 Å². The topological polar surface area (TPSA) is 50.2 Å². The fraction of sp³-hybridized carbons (Fsp3) is 0.391. The lowest BCUT2D eigenvalue weighted by Gasteiger charge is -2.26. The standard InChI is InChI=1S/C23H27ClN4O/c1-16(2)28-21-11-10-19(25-23(29)17-6-8-18(24)9-7-17)14-20(21)26-22(28)15-27-12-4-3-5-13-27/h6-11,14,16H,3-5,12-13,15H2,1-2H3,(H,25,29). The zero-order chi connectivity index (χ0) is 20.4. The summed E-state index contributed by atoms with van der Waals surface area (Å²) in [6, 6.07) is 13.2. The molecule has 152 valence electrons. The van der Waals surface area contributed by atoms with E-state index in [1.165, 1.54) is 19.3 Å². The molecule has 4 rings (SSSR count). The van der Waals surface area contributed by atoms with Gasteiger partial charge < -0.3 is 9.88 Å². The third-order valence-corrected chi connectivity index (χ3v) is 5.71. The number of aromatic nitrogens is 2. The molecule has 0 atom stereocenters. The average molecular weight is 411 g/mol. The molecule has 5 nitrogen and oxygen atoms in total. The first-order valence-corrected chi connectivity index (χ1v) is 10.7. The number of carbonyl (C=O) groups is 1. The summed E-state index contributed by atoms with van der Waals surface area (Å²) < 4.78 is 2.31. The Balaban J connectivity index is 1.59. The highest BCUT2D eigenvalue weighted by atomic mass is 35.5. The molecule has 2 aromatic carbocycles. The van der Waals surface area contributed by atoms with E-state index < -0.39 is 0 Å². The molecule has 0 aliphatic carbocycles. The molecule has 1 aromatic heterocycles. The van der Waals surface area contributed by atoms with Crippen LogP contribution in [0.4, 0.5) is 5.69 Å². The van der Waals surface area contributed by atoms with Gasteiger partial charge in [0, 0.05) is 22.3 Å². The number of anilines is 1. The van der Waals surface area contributed by atoms with E-state index in [1.807, 2.05) is 12.1 Å². The highest BCUT2D eigenvalue weighted by Gasteiger charge is 2.18. The van der Waals surface area contributed by atoms with Crippen LogP contribution >= 0.6 is 11.6 Å². The molecule has 3 aromatic rings. The number of halogens is 1. The largest absolute Gasteiger partial charge is 0.324 e. The van der Waals surface area contributed by atoms with Gasteiger partial charge >= 0.3 is 0 Å². The molecule has 1 aliphatic heterocycles. The van der Waals surface area contributed by atoms with E-state index in [1.54, 1.807) is 24.3 Å². The number of amides is 1. The van der Waals surface area contributed by atoms with Gasteiger partial charge in [-0.3, -0.25) is 9.69 Å². The van der Waals surface area contributed by atoms with Gasteiger partial charge in [-0.25, -0.2) is 4.98 Å². The van der Waals surface area contributed by atoms with Crippen molar-refractivity contribution in [1.29, 1.82) is 0 Å². The van der Waals surface area contributed by atoms with Gasteiger partial charge in [-0.15, -0.1) is 0 Å². The number of carbonyl (C=O) groups excluding carboxylic acids is 1. The van der Waals surface area contributed by atoms with Crippen LogP contribution in [0.15, 0.2) is 42.5 Å². The molecule has 0 spiro atoms. The van der Waals surface area contributed by atoms with Gasteiger partial charge in [0.15, 0.2) is 0 Å². The number of hydrogen-bond donors (Lipinski definition) is 1. The molecular weight excluding hydrogens is 384 g/mol. The first-order chi connectivity index (χ1) is 14.0.